The number of halogens is 5. The van der Waals surface area contributed by atoms with Gasteiger partial charge in [0.1, 0.15) is 10.8 Å². The summed E-state index contributed by atoms with van der Waals surface area (Å²) in [6.45, 7) is 0. The van der Waals surface area contributed by atoms with Gasteiger partial charge in [-0.1, -0.05) is 47.5 Å². The number of alkyl halides is 3. The fourth-order valence-electron chi connectivity index (χ4n) is 3.47. The minimum atomic E-state index is -4.68. The molecule has 0 aliphatic heterocycles. The van der Waals surface area contributed by atoms with Gasteiger partial charge in [-0.25, -0.2) is 4.98 Å². The molecule has 0 radical (unpaired) electrons. The van der Waals surface area contributed by atoms with Gasteiger partial charge in [0.25, 0.3) is 0 Å². The summed E-state index contributed by atoms with van der Waals surface area (Å²) in [6, 6.07) is 13.0. The second-order valence-corrected chi connectivity index (χ2v) is 8.92. The third-order valence-electron chi connectivity index (χ3n) is 5.12. The van der Waals surface area contributed by atoms with Crippen molar-refractivity contribution in [1.29, 1.82) is 0 Å². The third kappa shape index (κ3) is 4.92. The lowest BCUT2D eigenvalue weighted by Gasteiger charge is -2.18. The molecule has 1 aromatic heterocycles. The Labute approximate surface area is 206 Å². The molecule has 34 heavy (non-hydrogen) atoms. The molecule has 2 N–H and O–H groups in total. The number of nitrogens with zero attached hydrogens (tertiary/aromatic N) is 1. The molecule has 4 rings (SSSR count). The molecule has 176 valence electrons. The highest BCUT2D eigenvalue weighted by atomic mass is 35.5. The highest BCUT2D eigenvalue weighted by Crippen LogP contribution is 2.42. The van der Waals surface area contributed by atoms with Crippen molar-refractivity contribution in [1.82, 2.24) is 4.98 Å². The summed E-state index contributed by atoms with van der Waals surface area (Å²) in [7, 11) is 1.27. The van der Waals surface area contributed by atoms with Crippen LogP contribution in [0, 0.1) is 0 Å². The summed E-state index contributed by atoms with van der Waals surface area (Å²) in [5.41, 5.74) is 0.697. The van der Waals surface area contributed by atoms with Gasteiger partial charge in [0.05, 0.1) is 28.4 Å². The Hall–Kier alpha value is -2.62. The van der Waals surface area contributed by atoms with Crippen LogP contribution < -0.4 is 4.74 Å². The molecule has 0 aliphatic carbocycles. The van der Waals surface area contributed by atoms with Crippen LogP contribution in [0.4, 0.5) is 13.2 Å². The first-order valence-electron chi connectivity index (χ1n) is 9.75. The van der Waals surface area contributed by atoms with Crippen LogP contribution in [0.5, 0.6) is 5.75 Å². The zero-order valence-electron chi connectivity index (χ0n) is 17.4. The summed E-state index contributed by atoms with van der Waals surface area (Å²) in [6.07, 6.45) is -6.68. The van der Waals surface area contributed by atoms with Crippen molar-refractivity contribution in [3.8, 4) is 38.7 Å². The molecular weight excluding hydrogens is 510 g/mol. The molecule has 3 aromatic carbocycles. The van der Waals surface area contributed by atoms with E-state index < -0.39 is 18.0 Å². The highest BCUT2D eigenvalue weighted by Gasteiger charge is 2.35. The van der Waals surface area contributed by atoms with Crippen LogP contribution >= 0.6 is 34.5 Å². The van der Waals surface area contributed by atoms with Crippen LogP contribution in [-0.2, 0) is 6.18 Å². The topological polar surface area (TPSA) is 62.6 Å². The summed E-state index contributed by atoms with van der Waals surface area (Å²) >= 11 is 13.3. The highest BCUT2D eigenvalue weighted by molar-refractivity contribution is 7.13. The number of aliphatic hydroxyl groups is 2. The maximum Gasteiger partial charge on any atom is 0.417 e. The van der Waals surface area contributed by atoms with Gasteiger partial charge in [-0.3, -0.25) is 0 Å². The smallest absolute Gasteiger partial charge is 0.417 e. The molecule has 10 heteroatoms. The van der Waals surface area contributed by atoms with Crippen molar-refractivity contribution in [2.45, 2.75) is 12.5 Å². The van der Waals surface area contributed by atoms with Gasteiger partial charge in [0.2, 0.25) is 0 Å². The van der Waals surface area contributed by atoms with Crippen molar-refractivity contribution in [2.75, 3.05) is 7.11 Å². The van der Waals surface area contributed by atoms with Gasteiger partial charge >= 0.3 is 6.18 Å². The largest absolute Gasteiger partial charge is 0.497 e. The summed E-state index contributed by atoms with van der Waals surface area (Å²) in [5.74, 6) is 0.0383. The van der Waals surface area contributed by atoms with Crippen LogP contribution in [-0.4, -0.2) is 22.3 Å². The van der Waals surface area contributed by atoms with E-state index >= 15 is 0 Å². The molecule has 0 spiro atoms. The van der Waals surface area contributed by atoms with Crippen molar-refractivity contribution >= 4 is 34.5 Å². The molecule has 0 saturated heterocycles. The Balaban J connectivity index is 1.79. The quantitative estimate of drug-likeness (QED) is 0.265. The van der Waals surface area contributed by atoms with Gasteiger partial charge in [-0.2, -0.15) is 13.2 Å². The number of benzene rings is 3. The SMILES string of the molecule is COc1ccc(-c2ccc(-c3nc(-c4ccc(Cl)c(Cl)c4)cs3)cc2C(O)O)c(C(F)(F)F)c1. The Morgan fingerprint density at radius 3 is 2.26 bits per heavy atom. The number of hydrogen-bond donors (Lipinski definition) is 2. The van der Waals surface area contributed by atoms with E-state index in [-0.39, 0.29) is 22.4 Å². The van der Waals surface area contributed by atoms with Crippen LogP contribution in [0.15, 0.2) is 60.0 Å². The minimum Gasteiger partial charge on any atom is -0.497 e. The molecular formula is C24H16Cl2F3NO3S. The molecule has 1 heterocycles. The second-order valence-electron chi connectivity index (χ2n) is 7.25. The van der Waals surface area contributed by atoms with E-state index in [2.05, 4.69) is 4.98 Å². The molecule has 0 atom stereocenters. The van der Waals surface area contributed by atoms with Crippen LogP contribution in [0.1, 0.15) is 17.4 Å². The molecule has 0 saturated carbocycles. The molecule has 0 unspecified atom stereocenters. The van der Waals surface area contributed by atoms with Gasteiger partial charge in [0, 0.05) is 22.1 Å². The number of ether oxygens (including phenoxy) is 1. The normalized spacial score (nSPS) is 11.8. The molecule has 4 aromatic rings. The Bertz CT molecular complexity index is 1360. The van der Waals surface area contributed by atoms with E-state index in [0.717, 1.165) is 11.6 Å². The van der Waals surface area contributed by atoms with Gasteiger partial charge in [0.15, 0.2) is 6.29 Å². The average molecular weight is 526 g/mol. The lowest BCUT2D eigenvalue weighted by molar-refractivity contribution is -0.137. The van der Waals surface area contributed by atoms with Gasteiger partial charge in [-0.15, -0.1) is 11.3 Å². The average Bonchev–Trinajstić information content (AvgIpc) is 3.30. The fourth-order valence-corrected chi connectivity index (χ4v) is 4.59. The van der Waals surface area contributed by atoms with Crippen molar-refractivity contribution in [3.05, 3.63) is 81.1 Å². The van der Waals surface area contributed by atoms with Crippen molar-refractivity contribution in [2.24, 2.45) is 0 Å². The molecule has 0 amide bonds. The third-order valence-corrected chi connectivity index (χ3v) is 6.75. The summed E-state index contributed by atoms with van der Waals surface area (Å²) < 4.78 is 46.1. The number of methoxy groups -OCH3 is 1. The Kier molecular flexibility index (Phi) is 6.89. The lowest BCUT2D eigenvalue weighted by Crippen LogP contribution is -2.09. The number of aromatic nitrogens is 1. The van der Waals surface area contributed by atoms with E-state index in [1.807, 2.05) is 0 Å². The first-order chi connectivity index (χ1) is 16.1. The Morgan fingerprint density at radius 2 is 1.62 bits per heavy atom. The van der Waals surface area contributed by atoms with Crippen LogP contribution in [0.3, 0.4) is 0 Å². The van der Waals surface area contributed by atoms with E-state index in [0.29, 0.717) is 26.3 Å². The second kappa shape index (κ2) is 9.56. The van der Waals surface area contributed by atoms with Crippen LogP contribution in [0.25, 0.3) is 33.0 Å². The number of hydrogen-bond acceptors (Lipinski definition) is 5. The number of thiazole rings is 1. The predicted molar refractivity (Wildman–Crippen MR) is 127 cm³/mol. The summed E-state index contributed by atoms with van der Waals surface area (Å²) in [4.78, 5) is 4.56. The maximum absolute atomic E-state index is 13.7. The predicted octanol–water partition coefficient (Wildman–Crippen LogP) is 7.46. The van der Waals surface area contributed by atoms with Crippen molar-refractivity contribution in [3.63, 3.8) is 0 Å². The molecule has 0 fully saturated rings. The van der Waals surface area contributed by atoms with E-state index in [9.17, 15) is 23.4 Å². The van der Waals surface area contributed by atoms with Gasteiger partial charge < -0.3 is 14.9 Å². The minimum absolute atomic E-state index is 0.0370. The summed E-state index contributed by atoms with van der Waals surface area (Å²) in [5, 5.41) is 23.1. The molecule has 0 aliphatic rings. The lowest BCUT2D eigenvalue weighted by atomic mass is 9.93. The Morgan fingerprint density at radius 1 is 0.912 bits per heavy atom. The zero-order valence-corrected chi connectivity index (χ0v) is 19.7. The van der Waals surface area contributed by atoms with Crippen molar-refractivity contribution < 1.29 is 28.1 Å². The first-order valence-corrected chi connectivity index (χ1v) is 11.4. The van der Waals surface area contributed by atoms with Crippen LogP contribution in [0.2, 0.25) is 10.0 Å². The van der Waals surface area contributed by atoms with E-state index in [1.54, 1.807) is 29.6 Å². The zero-order chi connectivity index (χ0) is 24.6. The van der Waals surface area contributed by atoms with E-state index in [4.69, 9.17) is 27.9 Å². The monoisotopic (exact) mass is 525 g/mol. The number of aliphatic hydroxyl groups excluding tert-OH is 1. The number of rotatable bonds is 5. The molecule has 0 bridgehead atoms. The standard InChI is InChI=1S/C24H16Cl2F3NO3S/c1-33-14-4-6-16(18(10-14)24(27,28)29)15-5-2-13(8-17(15)23(31)32)22-30-21(11-34-22)12-3-7-19(25)20(26)9-12/h2-11,23,31-32H,1H3. The van der Waals surface area contributed by atoms with E-state index in [1.165, 1.54) is 42.7 Å². The first kappa shape index (κ1) is 24.5. The molecule has 4 nitrogen and oxygen atoms in total. The van der Waals surface area contributed by atoms with Gasteiger partial charge in [-0.05, 0) is 41.5 Å². The fraction of sp³-hybridized carbons (Fsp3) is 0.125. The maximum atomic E-state index is 13.7.